The second kappa shape index (κ2) is 7.34. The van der Waals surface area contributed by atoms with E-state index >= 15 is 0 Å². The van der Waals surface area contributed by atoms with Crippen LogP contribution in [0.5, 0.6) is 5.75 Å². The molecule has 116 valence electrons. The summed E-state index contributed by atoms with van der Waals surface area (Å²) in [5.41, 5.74) is 7.60. The zero-order valence-corrected chi connectivity index (χ0v) is 13.1. The fourth-order valence-electron chi connectivity index (χ4n) is 3.07. The molecule has 1 unspecified atom stereocenters. The summed E-state index contributed by atoms with van der Waals surface area (Å²) in [6.45, 7) is 3.68. The van der Waals surface area contributed by atoms with E-state index in [9.17, 15) is 4.79 Å². The number of nitrogens with two attached hydrogens (primary N) is 1. The number of hydrogen-bond acceptors (Lipinski definition) is 3. The van der Waals surface area contributed by atoms with Gasteiger partial charge in [-0.3, -0.25) is 4.79 Å². The van der Waals surface area contributed by atoms with Crippen molar-refractivity contribution in [1.82, 2.24) is 4.90 Å². The van der Waals surface area contributed by atoms with Crippen LogP contribution in [0.4, 0.5) is 5.69 Å². The van der Waals surface area contributed by atoms with Crippen molar-refractivity contribution in [2.45, 2.75) is 45.6 Å². The highest BCUT2D eigenvalue weighted by Gasteiger charge is 2.22. The van der Waals surface area contributed by atoms with Crippen LogP contribution in [0.2, 0.25) is 0 Å². The van der Waals surface area contributed by atoms with E-state index in [1.807, 2.05) is 17.0 Å². The predicted molar refractivity (Wildman–Crippen MR) is 85.1 cm³/mol. The van der Waals surface area contributed by atoms with Crippen LogP contribution in [0.25, 0.3) is 0 Å². The molecule has 1 fully saturated rings. The fourth-order valence-corrected chi connectivity index (χ4v) is 3.07. The van der Waals surface area contributed by atoms with Crippen LogP contribution in [0, 0.1) is 5.92 Å². The molecule has 1 aliphatic rings. The van der Waals surface area contributed by atoms with E-state index in [4.69, 9.17) is 10.5 Å². The fraction of sp³-hybridized carbons (Fsp3) is 0.588. The number of methoxy groups -OCH3 is 1. The lowest BCUT2D eigenvalue weighted by Crippen LogP contribution is -2.29. The first kappa shape index (κ1) is 15.7. The number of benzene rings is 1. The Labute approximate surface area is 127 Å². The monoisotopic (exact) mass is 290 g/mol. The molecule has 1 atom stereocenters. The Morgan fingerprint density at radius 2 is 2.14 bits per heavy atom. The van der Waals surface area contributed by atoms with Gasteiger partial charge in [0.15, 0.2) is 0 Å². The van der Waals surface area contributed by atoms with E-state index in [2.05, 4.69) is 6.92 Å². The van der Waals surface area contributed by atoms with Gasteiger partial charge in [-0.1, -0.05) is 19.8 Å². The summed E-state index contributed by atoms with van der Waals surface area (Å²) in [5, 5.41) is 0. The van der Waals surface area contributed by atoms with Gasteiger partial charge in [0.25, 0.3) is 0 Å². The number of nitrogen functional groups attached to an aromatic ring is 1. The normalized spacial score (nSPS) is 19.4. The molecule has 0 bridgehead atoms. The number of carbonyl (C=O) groups is 1. The van der Waals surface area contributed by atoms with Crippen molar-refractivity contribution in [1.29, 1.82) is 0 Å². The number of hydrogen-bond donors (Lipinski definition) is 1. The zero-order chi connectivity index (χ0) is 15.2. The lowest BCUT2D eigenvalue weighted by molar-refractivity contribution is -0.131. The number of carbonyl (C=O) groups excluding carboxylic acids is 1. The van der Waals surface area contributed by atoms with E-state index < -0.39 is 0 Å². The molecule has 0 aliphatic carbocycles. The minimum Gasteiger partial charge on any atom is -0.497 e. The Bertz CT molecular complexity index is 488. The smallest absolute Gasteiger partial charge is 0.222 e. The summed E-state index contributed by atoms with van der Waals surface area (Å²) in [7, 11) is 1.63. The standard InChI is InChI=1S/C17H26N2O2/c1-3-4-13-5-6-17(20)19(8-7-13)12-14-9-15(18)11-16(10-14)21-2/h9-11,13H,3-8,12,18H2,1-2H3. The lowest BCUT2D eigenvalue weighted by atomic mass is 9.96. The second-order valence-corrected chi connectivity index (χ2v) is 5.91. The number of likely N-dealkylation sites (tertiary alicyclic amines) is 1. The highest BCUT2D eigenvalue weighted by molar-refractivity contribution is 5.76. The van der Waals surface area contributed by atoms with Crippen LogP contribution in [0.3, 0.4) is 0 Å². The van der Waals surface area contributed by atoms with Crippen LogP contribution < -0.4 is 10.5 Å². The minimum absolute atomic E-state index is 0.259. The van der Waals surface area contributed by atoms with E-state index in [-0.39, 0.29) is 5.91 Å². The van der Waals surface area contributed by atoms with Crippen LogP contribution in [0.15, 0.2) is 18.2 Å². The molecule has 4 heteroatoms. The summed E-state index contributed by atoms with van der Waals surface area (Å²) in [6, 6.07) is 5.67. The Hall–Kier alpha value is -1.71. The van der Waals surface area contributed by atoms with Crippen molar-refractivity contribution in [2.24, 2.45) is 5.92 Å². The average Bonchev–Trinajstić information content (AvgIpc) is 2.63. The van der Waals surface area contributed by atoms with Crippen LogP contribution >= 0.6 is 0 Å². The first-order valence-electron chi connectivity index (χ1n) is 7.83. The number of rotatable bonds is 5. The zero-order valence-electron chi connectivity index (χ0n) is 13.1. The molecular weight excluding hydrogens is 264 g/mol. The SMILES string of the molecule is CCCC1CCC(=O)N(Cc2cc(N)cc(OC)c2)CC1. The van der Waals surface area contributed by atoms with Gasteiger partial charge in [-0.25, -0.2) is 0 Å². The molecule has 1 aromatic rings. The number of anilines is 1. The molecule has 1 heterocycles. The Kier molecular flexibility index (Phi) is 5.48. The van der Waals surface area contributed by atoms with Crippen molar-refractivity contribution in [3.05, 3.63) is 23.8 Å². The molecule has 1 aromatic carbocycles. The van der Waals surface area contributed by atoms with Crippen LogP contribution in [-0.2, 0) is 11.3 Å². The maximum absolute atomic E-state index is 12.3. The number of amides is 1. The van der Waals surface area contributed by atoms with E-state index in [1.165, 1.54) is 12.8 Å². The first-order valence-corrected chi connectivity index (χ1v) is 7.83. The summed E-state index contributed by atoms with van der Waals surface area (Å²) >= 11 is 0. The molecule has 4 nitrogen and oxygen atoms in total. The molecule has 2 N–H and O–H groups in total. The van der Waals surface area contributed by atoms with Gasteiger partial charge < -0.3 is 15.4 Å². The van der Waals surface area contributed by atoms with Crippen LogP contribution in [0.1, 0.15) is 44.6 Å². The molecular formula is C17H26N2O2. The minimum atomic E-state index is 0.259. The Balaban J connectivity index is 2.04. The molecule has 0 radical (unpaired) electrons. The Morgan fingerprint density at radius 3 is 2.86 bits per heavy atom. The molecule has 1 saturated heterocycles. The average molecular weight is 290 g/mol. The molecule has 1 aliphatic heterocycles. The van der Waals surface area contributed by atoms with Gasteiger partial charge >= 0.3 is 0 Å². The van der Waals surface area contributed by atoms with Crippen LogP contribution in [-0.4, -0.2) is 24.5 Å². The van der Waals surface area contributed by atoms with Gasteiger partial charge in [0, 0.05) is 31.3 Å². The third-order valence-electron chi connectivity index (χ3n) is 4.22. The quantitative estimate of drug-likeness (QED) is 0.847. The molecule has 2 rings (SSSR count). The molecule has 0 aromatic heterocycles. The van der Waals surface area contributed by atoms with E-state index in [0.717, 1.165) is 30.7 Å². The maximum atomic E-state index is 12.3. The molecule has 0 spiro atoms. The van der Waals surface area contributed by atoms with Crippen molar-refractivity contribution in [3.63, 3.8) is 0 Å². The van der Waals surface area contributed by atoms with E-state index in [0.29, 0.717) is 24.6 Å². The highest BCUT2D eigenvalue weighted by Crippen LogP contribution is 2.25. The van der Waals surface area contributed by atoms with Gasteiger partial charge in [0.2, 0.25) is 5.91 Å². The number of ether oxygens (including phenoxy) is 1. The van der Waals surface area contributed by atoms with Crippen molar-refractivity contribution in [3.8, 4) is 5.75 Å². The molecule has 21 heavy (non-hydrogen) atoms. The van der Waals surface area contributed by atoms with Gasteiger partial charge in [0.05, 0.1) is 7.11 Å². The van der Waals surface area contributed by atoms with Gasteiger partial charge in [0.1, 0.15) is 5.75 Å². The topological polar surface area (TPSA) is 55.6 Å². The third kappa shape index (κ3) is 4.38. The summed E-state index contributed by atoms with van der Waals surface area (Å²) < 4.78 is 5.24. The maximum Gasteiger partial charge on any atom is 0.222 e. The Morgan fingerprint density at radius 1 is 1.33 bits per heavy atom. The van der Waals surface area contributed by atoms with Gasteiger partial charge in [-0.15, -0.1) is 0 Å². The van der Waals surface area contributed by atoms with E-state index in [1.54, 1.807) is 13.2 Å². The van der Waals surface area contributed by atoms with Crippen molar-refractivity contribution in [2.75, 3.05) is 19.4 Å². The second-order valence-electron chi connectivity index (χ2n) is 5.91. The van der Waals surface area contributed by atoms with Gasteiger partial charge in [-0.2, -0.15) is 0 Å². The predicted octanol–water partition coefficient (Wildman–Crippen LogP) is 3.21. The van der Waals surface area contributed by atoms with Crippen molar-refractivity contribution < 1.29 is 9.53 Å². The number of nitrogens with zero attached hydrogens (tertiary/aromatic N) is 1. The van der Waals surface area contributed by atoms with Gasteiger partial charge in [-0.05, 0) is 36.5 Å². The summed E-state index contributed by atoms with van der Waals surface area (Å²) in [5.74, 6) is 1.70. The lowest BCUT2D eigenvalue weighted by Gasteiger charge is -2.21. The summed E-state index contributed by atoms with van der Waals surface area (Å²) in [4.78, 5) is 14.2. The third-order valence-corrected chi connectivity index (χ3v) is 4.22. The summed E-state index contributed by atoms with van der Waals surface area (Å²) in [6.07, 6.45) is 5.24. The molecule has 1 amide bonds. The highest BCUT2D eigenvalue weighted by atomic mass is 16.5. The molecule has 0 saturated carbocycles. The first-order chi connectivity index (χ1) is 10.1. The van der Waals surface area contributed by atoms with Crippen molar-refractivity contribution >= 4 is 11.6 Å². The largest absolute Gasteiger partial charge is 0.497 e.